The van der Waals surface area contributed by atoms with Gasteiger partial charge in [0.15, 0.2) is 0 Å². The molecule has 4 rings (SSSR count). The predicted octanol–water partition coefficient (Wildman–Crippen LogP) is 3.55. The fourth-order valence-corrected chi connectivity index (χ4v) is 4.42. The molecule has 0 spiro atoms. The van der Waals surface area contributed by atoms with Gasteiger partial charge in [0.25, 0.3) is 0 Å². The van der Waals surface area contributed by atoms with Crippen LogP contribution in [0.25, 0.3) is 16.6 Å². The van der Waals surface area contributed by atoms with E-state index in [4.69, 9.17) is 5.73 Å². The number of rotatable bonds is 4. The molecule has 0 unspecified atom stereocenters. The third kappa shape index (κ3) is 3.10. The van der Waals surface area contributed by atoms with E-state index in [-0.39, 0.29) is 0 Å². The Morgan fingerprint density at radius 3 is 2.58 bits per heavy atom. The van der Waals surface area contributed by atoms with Gasteiger partial charge >= 0.3 is 0 Å². The molecular formula is C19H26N6S. The molecule has 2 N–H and O–H groups in total. The molecule has 26 heavy (non-hydrogen) atoms. The second-order valence-electron chi connectivity index (χ2n) is 7.26. The molecule has 0 amide bonds. The van der Waals surface area contributed by atoms with Crippen LogP contribution in [-0.2, 0) is 0 Å². The number of thioether (sulfide) groups is 1. The summed E-state index contributed by atoms with van der Waals surface area (Å²) in [7, 11) is 0. The van der Waals surface area contributed by atoms with Crippen molar-refractivity contribution in [1.29, 1.82) is 0 Å². The van der Waals surface area contributed by atoms with Crippen LogP contribution >= 0.6 is 11.8 Å². The van der Waals surface area contributed by atoms with Gasteiger partial charge in [-0.25, -0.2) is 4.52 Å². The van der Waals surface area contributed by atoms with Crippen molar-refractivity contribution in [1.82, 2.24) is 24.3 Å². The van der Waals surface area contributed by atoms with Gasteiger partial charge in [-0.1, -0.05) is 0 Å². The van der Waals surface area contributed by atoms with E-state index in [0.717, 1.165) is 47.5 Å². The zero-order valence-corrected chi connectivity index (χ0v) is 16.4. The first kappa shape index (κ1) is 17.4. The van der Waals surface area contributed by atoms with E-state index < -0.39 is 0 Å². The number of nitrogens with zero attached hydrogens (tertiary/aromatic N) is 5. The second-order valence-corrected chi connectivity index (χ2v) is 8.11. The van der Waals surface area contributed by atoms with Crippen molar-refractivity contribution < 1.29 is 0 Å². The number of aromatic nitrogens is 4. The van der Waals surface area contributed by atoms with E-state index in [1.807, 2.05) is 16.9 Å². The third-order valence-electron chi connectivity index (χ3n) is 5.36. The standard InChI is InChI=1S/C19H26N6S/c1-13(2)23-6-4-16(5-7-23)24-12-15(9-21-24)14-8-18(26-3)19-17(20)10-22-25(19)11-14/h8-13,16H,4-7,20H2,1-3H3. The maximum Gasteiger partial charge on any atom is 0.103 e. The van der Waals surface area contributed by atoms with Gasteiger partial charge in [0, 0.05) is 47.5 Å². The van der Waals surface area contributed by atoms with Gasteiger partial charge in [-0.3, -0.25) is 4.68 Å². The fourth-order valence-electron chi connectivity index (χ4n) is 3.77. The molecule has 0 aromatic carbocycles. The Morgan fingerprint density at radius 1 is 1.12 bits per heavy atom. The second kappa shape index (κ2) is 6.96. The normalized spacial score (nSPS) is 16.8. The molecule has 6 nitrogen and oxygen atoms in total. The van der Waals surface area contributed by atoms with E-state index >= 15 is 0 Å². The Labute approximate surface area is 158 Å². The zero-order chi connectivity index (χ0) is 18.3. The minimum atomic E-state index is 0.489. The van der Waals surface area contributed by atoms with Crippen molar-refractivity contribution >= 4 is 23.0 Å². The average Bonchev–Trinajstić information content (AvgIpc) is 3.28. The average molecular weight is 371 g/mol. The topological polar surface area (TPSA) is 64.4 Å². The lowest BCUT2D eigenvalue weighted by Gasteiger charge is -2.34. The van der Waals surface area contributed by atoms with Crippen molar-refractivity contribution in [2.24, 2.45) is 0 Å². The van der Waals surface area contributed by atoms with E-state index in [1.165, 1.54) is 0 Å². The first-order valence-electron chi connectivity index (χ1n) is 9.16. The molecule has 1 aliphatic rings. The number of nitrogen functional groups attached to an aromatic ring is 1. The molecule has 3 aromatic heterocycles. The third-order valence-corrected chi connectivity index (χ3v) is 6.11. The van der Waals surface area contributed by atoms with Crippen LogP contribution in [0, 0.1) is 0 Å². The first-order valence-corrected chi connectivity index (χ1v) is 10.4. The summed E-state index contributed by atoms with van der Waals surface area (Å²) in [6, 6.07) is 3.30. The number of fused-ring (bicyclic) bond motifs is 1. The van der Waals surface area contributed by atoms with Crippen LogP contribution in [-0.4, -0.2) is 49.7 Å². The van der Waals surface area contributed by atoms with Crippen molar-refractivity contribution in [3.05, 3.63) is 30.9 Å². The summed E-state index contributed by atoms with van der Waals surface area (Å²) in [4.78, 5) is 3.68. The van der Waals surface area contributed by atoms with Crippen LogP contribution in [0.15, 0.2) is 35.7 Å². The highest BCUT2D eigenvalue weighted by Crippen LogP contribution is 2.32. The lowest BCUT2D eigenvalue weighted by molar-refractivity contribution is 0.147. The van der Waals surface area contributed by atoms with Gasteiger partial charge in [0.2, 0.25) is 0 Å². The highest BCUT2D eigenvalue weighted by molar-refractivity contribution is 7.98. The Morgan fingerprint density at radius 2 is 1.88 bits per heavy atom. The lowest BCUT2D eigenvalue weighted by Crippen LogP contribution is -2.39. The van der Waals surface area contributed by atoms with Gasteiger partial charge in [-0.05, 0) is 39.0 Å². The molecule has 1 aliphatic heterocycles. The number of likely N-dealkylation sites (tertiary alicyclic amines) is 1. The van der Waals surface area contributed by atoms with Crippen molar-refractivity contribution in [2.75, 3.05) is 25.1 Å². The van der Waals surface area contributed by atoms with Crippen LogP contribution in [0.1, 0.15) is 32.7 Å². The molecular weight excluding hydrogens is 344 g/mol. The highest BCUT2D eigenvalue weighted by Gasteiger charge is 2.22. The van der Waals surface area contributed by atoms with Crippen LogP contribution < -0.4 is 5.73 Å². The summed E-state index contributed by atoms with van der Waals surface area (Å²) >= 11 is 1.69. The fraction of sp³-hybridized carbons (Fsp3) is 0.474. The number of anilines is 1. The van der Waals surface area contributed by atoms with E-state index in [0.29, 0.717) is 17.8 Å². The minimum Gasteiger partial charge on any atom is -0.396 e. The summed E-state index contributed by atoms with van der Waals surface area (Å²) in [5.41, 5.74) is 10.0. The molecule has 4 heterocycles. The van der Waals surface area contributed by atoms with Crippen LogP contribution in [0.3, 0.4) is 0 Å². The van der Waals surface area contributed by atoms with Gasteiger partial charge < -0.3 is 10.6 Å². The van der Waals surface area contributed by atoms with Crippen LogP contribution in [0.4, 0.5) is 5.69 Å². The number of hydrogen-bond acceptors (Lipinski definition) is 5. The van der Waals surface area contributed by atoms with Gasteiger partial charge in [-0.2, -0.15) is 10.2 Å². The smallest absolute Gasteiger partial charge is 0.103 e. The molecule has 1 saturated heterocycles. The SMILES string of the molecule is CSc1cc(-c2cnn(C3CCN(C(C)C)CC3)c2)cn2ncc(N)c12. The van der Waals surface area contributed by atoms with Gasteiger partial charge in [0.05, 0.1) is 24.1 Å². The Kier molecular flexibility index (Phi) is 4.67. The Balaban J connectivity index is 1.60. The molecule has 0 saturated carbocycles. The first-order chi connectivity index (χ1) is 12.6. The molecule has 1 fully saturated rings. The Hall–Kier alpha value is -1.99. The summed E-state index contributed by atoms with van der Waals surface area (Å²) in [6.45, 7) is 6.83. The summed E-state index contributed by atoms with van der Waals surface area (Å²) < 4.78 is 4.02. The number of piperidine rings is 1. The van der Waals surface area contributed by atoms with E-state index in [2.05, 4.69) is 52.1 Å². The molecule has 138 valence electrons. The zero-order valence-electron chi connectivity index (χ0n) is 15.6. The number of nitrogens with two attached hydrogens (primary N) is 1. The van der Waals surface area contributed by atoms with E-state index in [9.17, 15) is 0 Å². The minimum absolute atomic E-state index is 0.489. The quantitative estimate of drug-likeness (QED) is 0.712. The van der Waals surface area contributed by atoms with Crippen molar-refractivity contribution in [3.63, 3.8) is 0 Å². The summed E-state index contributed by atoms with van der Waals surface area (Å²) in [5, 5.41) is 9.04. The summed E-state index contributed by atoms with van der Waals surface area (Å²) in [6.07, 6.45) is 12.3. The van der Waals surface area contributed by atoms with E-state index in [1.54, 1.807) is 18.0 Å². The van der Waals surface area contributed by atoms with Crippen molar-refractivity contribution in [2.45, 2.75) is 43.7 Å². The van der Waals surface area contributed by atoms with Crippen LogP contribution in [0.5, 0.6) is 0 Å². The number of hydrogen-bond donors (Lipinski definition) is 1. The molecule has 0 bridgehead atoms. The predicted molar refractivity (Wildman–Crippen MR) is 108 cm³/mol. The largest absolute Gasteiger partial charge is 0.396 e. The monoisotopic (exact) mass is 370 g/mol. The maximum absolute atomic E-state index is 6.06. The lowest BCUT2D eigenvalue weighted by atomic mass is 10.0. The number of pyridine rings is 1. The molecule has 0 aliphatic carbocycles. The molecule has 7 heteroatoms. The maximum atomic E-state index is 6.06. The highest BCUT2D eigenvalue weighted by atomic mass is 32.2. The van der Waals surface area contributed by atoms with Crippen LogP contribution in [0.2, 0.25) is 0 Å². The van der Waals surface area contributed by atoms with Gasteiger partial charge in [-0.15, -0.1) is 11.8 Å². The molecule has 3 aromatic rings. The van der Waals surface area contributed by atoms with Gasteiger partial charge in [0.1, 0.15) is 5.52 Å². The Bertz CT molecular complexity index is 904. The molecule has 0 atom stereocenters. The van der Waals surface area contributed by atoms with Crippen molar-refractivity contribution in [3.8, 4) is 11.1 Å². The summed E-state index contributed by atoms with van der Waals surface area (Å²) in [5.74, 6) is 0. The molecule has 0 radical (unpaired) electrons.